The Labute approximate surface area is 312 Å². The summed E-state index contributed by atoms with van der Waals surface area (Å²) in [6, 6.07) is 0. The number of carbonyl (C=O) groups excluding carboxylic acids is 9. The summed E-state index contributed by atoms with van der Waals surface area (Å²) in [6.45, 7) is 6.59. The predicted octanol–water partition coefficient (Wildman–Crippen LogP) is -2.54. The third kappa shape index (κ3) is 11.1. The molecule has 2 N–H and O–H groups in total. The number of amides is 1. The van der Waals surface area contributed by atoms with E-state index in [-0.39, 0.29) is 0 Å². The van der Waals surface area contributed by atoms with Crippen molar-refractivity contribution in [1.29, 1.82) is 0 Å². The molecule has 2 aliphatic rings. The van der Waals surface area contributed by atoms with Crippen molar-refractivity contribution >= 4 is 53.7 Å². The highest BCUT2D eigenvalue weighted by Gasteiger charge is 2.58. The summed E-state index contributed by atoms with van der Waals surface area (Å²) in [5.41, 5.74) is 4.75. The van der Waals surface area contributed by atoms with E-state index < -0.39 is 140 Å². The van der Waals surface area contributed by atoms with Crippen LogP contribution in [-0.4, -0.2) is 120 Å². The fraction of sp³-hybridized carbons (Fsp3) is 0.625. The Kier molecular flexibility index (Phi) is 14.6. The van der Waals surface area contributed by atoms with Crippen molar-refractivity contribution in [3.63, 3.8) is 0 Å². The molecule has 0 spiro atoms. The minimum Gasteiger partial charge on any atom is -0.839 e. The lowest BCUT2D eigenvalue weighted by Gasteiger charge is -2.43. The summed E-state index contributed by atoms with van der Waals surface area (Å²) in [5.74, 6) is -10.2. The van der Waals surface area contributed by atoms with Gasteiger partial charge in [0.05, 0.1) is 0 Å². The summed E-state index contributed by atoms with van der Waals surface area (Å²) >= 11 is 0. The molecule has 0 radical (unpaired) electrons. The van der Waals surface area contributed by atoms with Gasteiger partial charge in [0, 0.05) is 55.4 Å². The van der Waals surface area contributed by atoms with Crippen molar-refractivity contribution in [2.24, 2.45) is 5.73 Å². The standard InChI is InChI=1S/C32H41N3O20/c1-12(36)46-9-20-23(48-14(3)38)25(50-16(5)40)27(52-18(7)42)31(54-20)34-11-35(30(45)22(34)29(33)44)32-28(53-19(8)43)26(51-17(6)41)24(49-15(4)39)21(55-32)10-47-13(2)37/h11,20-21,23-28,31-32H,9-10H2,1-8H3,(H2-,33,44,45)/t20-,21+,23-,24+,25+,26-,27-,28+,31-,32+/m0/s1. The highest BCUT2D eigenvalue weighted by Crippen LogP contribution is 2.38. The molecule has 55 heavy (non-hydrogen) atoms. The van der Waals surface area contributed by atoms with Crippen molar-refractivity contribution in [3.05, 3.63) is 12.0 Å². The molecule has 0 saturated carbocycles. The Balaban J connectivity index is 2.36. The smallest absolute Gasteiger partial charge is 0.303 e. The zero-order valence-electron chi connectivity index (χ0n) is 30.9. The number of primary amides is 1. The van der Waals surface area contributed by atoms with Gasteiger partial charge in [-0.05, 0) is 0 Å². The highest BCUT2D eigenvalue weighted by atomic mass is 16.7. The normalized spacial score (nSPS) is 27.3. The lowest BCUT2D eigenvalue weighted by Crippen LogP contribution is -2.65. The molecule has 1 amide bonds. The maximum atomic E-state index is 14.2. The summed E-state index contributed by atoms with van der Waals surface area (Å²) in [7, 11) is 0. The van der Waals surface area contributed by atoms with Crippen molar-refractivity contribution in [2.45, 2.75) is 117 Å². The van der Waals surface area contributed by atoms with Crippen LogP contribution in [0, 0.1) is 0 Å². The van der Waals surface area contributed by atoms with Crippen molar-refractivity contribution in [2.75, 3.05) is 13.2 Å². The predicted molar refractivity (Wildman–Crippen MR) is 167 cm³/mol. The Morgan fingerprint density at radius 2 is 0.945 bits per heavy atom. The van der Waals surface area contributed by atoms with Gasteiger partial charge in [0.25, 0.3) is 5.91 Å². The molecule has 0 aliphatic carbocycles. The van der Waals surface area contributed by atoms with Crippen LogP contribution in [-0.2, 0) is 85.7 Å². The van der Waals surface area contributed by atoms with Crippen LogP contribution in [0.25, 0.3) is 0 Å². The van der Waals surface area contributed by atoms with Gasteiger partial charge in [0.15, 0.2) is 24.4 Å². The SMILES string of the molecule is CC(=O)OC[C@@H]1O[C@H](n2c[n+]([C@@H]3O[C@H](COC(C)=O)[C@@H](OC(C)=O)[C@H](OC(C)=O)[C@H]3OC(C)=O)c([O-])c2C(N)=O)[C@@H](OC(C)=O)[C@H](OC(C)=O)[C@H]1OC(C)=O. The molecule has 10 atom stereocenters. The molecule has 1 aromatic heterocycles. The van der Waals surface area contributed by atoms with Crippen LogP contribution in [0.3, 0.4) is 0 Å². The first-order chi connectivity index (χ1) is 25.6. The van der Waals surface area contributed by atoms with E-state index in [1.165, 1.54) is 0 Å². The Morgan fingerprint density at radius 3 is 1.35 bits per heavy atom. The van der Waals surface area contributed by atoms with Gasteiger partial charge < -0.3 is 58.2 Å². The maximum absolute atomic E-state index is 14.2. The second kappa shape index (κ2) is 18.5. The largest absolute Gasteiger partial charge is 0.839 e. The second-order valence-corrected chi connectivity index (χ2v) is 12.1. The lowest BCUT2D eigenvalue weighted by atomic mass is 9.97. The van der Waals surface area contributed by atoms with Crippen LogP contribution in [0.15, 0.2) is 6.33 Å². The summed E-state index contributed by atoms with van der Waals surface area (Å²) in [5, 5.41) is 14.2. The minimum atomic E-state index is -1.90. The molecule has 0 bridgehead atoms. The molecule has 23 nitrogen and oxygen atoms in total. The number of carbonyl (C=O) groups is 9. The van der Waals surface area contributed by atoms with E-state index in [4.69, 9.17) is 53.1 Å². The van der Waals surface area contributed by atoms with E-state index in [0.29, 0.717) is 4.57 Å². The lowest BCUT2D eigenvalue weighted by molar-refractivity contribution is -0.803. The van der Waals surface area contributed by atoms with Crippen LogP contribution in [0.1, 0.15) is 78.3 Å². The second-order valence-electron chi connectivity index (χ2n) is 12.1. The van der Waals surface area contributed by atoms with Crippen LogP contribution >= 0.6 is 0 Å². The fourth-order valence-corrected chi connectivity index (χ4v) is 5.94. The molecule has 3 heterocycles. The van der Waals surface area contributed by atoms with Crippen LogP contribution in [0.5, 0.6) is 5.88 Å². The molecule has 2 aliphatic heterocycles. The van der Waals surface area contributed by atoms with Gasteiger partial charge in [-0.1, -0.05) is 0 Å². The van der Waals surface area contributed by atoms with Gasteiger partial charge >= 0.3 is 47.8 Å². The summed E-state index contributed by atoms with van der Waals surface area (Å²) < 4.78 is 56.2. The van der Waals surface area contributed by atoms with Crippen molar-refractivity contribution in [3.8, 4) is 5.88 Å². The molecule has 2 fully saturated rings. The highest BCUT2D eigenvalue weighted by molar-refractivity contribution is 5.92. The Bertz CT molecular complexity index is 1690. The fourth-order valence-electron chi connectivity index (χ4n) is 5.94. The minimum absolute atomic E-state index is 0.642. The first-order valence-corrected chi connectivity index (χ1v) is 16.4. The number of esters is 8. The summed E-state index contributed by atoms with van der Waals surface area (Å²) in [6.07, 6.45) is -16.4. The number of nitrogens with two attached hydrogens (primary N) is 1. The molecule has 3 rings (SSSR count). The zero-order valence-corrected chi connectivity index (χ0v) is 30.9. The quantitative estimate of drug-likeness (QED) is 0.122. The third-order valence-corrected chi connectivity index (χ3v) is 7.66. The molecule has 23 heteroatoms. The van der Waals surface area contributed by atoms with Gasteiger partial charge in [0.1, 0.15) is 31.3 Å². The summed E-state index contributed by atoms with van der Waals surface area (Å²) in [4.78, 5) is 111. The van der Waals surface area contributed by atoms with Gasteiger partial charge in [-0.2, -0.15) is 4.57 Å². The van der Waals surface area contributed by atoms with E-state index in [9.17, 15) is 48.3 Å². The van der Waals surface area contributed by atoms with E-state index in [2.05, 4.69) is 0 Å². The number of hydrogen-bond acceptors (Lipinski definition) is 20. The number of ether oxygens (including phenoxy) is 10. The number of nitrogens with zero attached hydrogens (tertiary/aromatic N) is 2. The number of imidazole rings is 1. The topological polar surface area (TPSA) is 304 Å². The monoisotopic (exact) mass is 787 g/mol. The van der Waals surface area contributed by atoms with Crippen LogP contribution in [0.2, 0.25) is 0 Å². The van der Waals surface area contributed by atoms with Crippen LogP contribution in [0.4, 0.5) is 0 Å². The molecule has 2 saturated heterocycles. The van der Waals surface area contributed by atoms with Crippen LogP contribution < -0.4 is 15.4 Å². The Morgan fingerprint density at radius 1 is 0.582 bits per heavy atom. The van der Waals surface area contributed by atoms with E-state index in [1.807, 2.05) is 0 Å². The van der Waals surface area contributed by atoms with Crippen molar-refractivity contribution < 1.29 is 100 Å². The van der Waals surface area contributed by atoms with Gasteiger partial charge in [-0.3, -0.25) is 43.2 Å². The number of aromatic nitrogens is 2. The first kappa shape index (κ1) is 43.6. The maximum Gasteiger partial charge on any atom is 0.303 e. The molecular formula is C32H41N3O20. The molecule has 0 aromatic carbocycles. The van der Waals surface area contributed by atoms with E-state index in [1.54, 1.807) is 0 Å². The van der Waals surface area contributed by atoms with Gasteiger partial charge in [0.2, 0.25) is 36.7 Å². The van der Waals surface area contributed by atoms with Gasteiger partial charge in [-0.15, -0.1) is 0 Å². The van der Waals surface area contributed by atoms with E-state index >= 15 is 0 Å². The molecule has 0 unspecified atom stereocenters. The molecule has 304 valence electrons. The number of rotatable bonds is 13. The zero-order chi connectivity index (χ0) is 41.5. The first-order valence-electron chi connectivity index (χ1n) is 16.4. The average Bonchev–Trinajstić information content (AvgIpc) is 3.38. The molecular weight excluding hydrogens is 746 g/mol. The molecule has 1 aromatic rings. The Hall–Kier alpha value is -5.84. The van der Waals surface area contributed by atoms with Gasteiger partial charge in [-0.25, -0.2) is 4.57 Å². The van der Waals surface area contributed by atoms with Crippen molar-refractivity contribution in [1.82, 2.24) is 4.57 Å². The average molecular weight is 788 g/mol. The number of hydrogen-bond donors (Lipinski definition) is 1. The third-order valence-electron chi connectivity index (χ3n) is 7.66. The van der Waals surface area contributed by atoms with E-state index in [0.717, 1.165) is 66.3 Å².